The van der Waals surface area contributed by atoms with Gasteiger partial charge in [0.1, 0.15) is 0 Å². The van der Waals surface area contributed by atoms with Crippen LogP contribution in [0.15, 0.2) is 29.6 Å². The molecule has 0 radical (unpaired) electrons. The Balaban J connectivity index is 2.23. The Bertz CT molecular complexity index is 564. The third kappa shape index (κ3) is 3.33. The van der Waals surface area contributed by atoms with Gasteiger partial charge in [0.2, 0.25) is 0 Å². The molecule has 2 rings (SSSR count). The fraction of sp³-hybridized carbons (Fsp3) is 0.400. The first-order valence-electron chi connectivity index (χ1n) is 6.52. The van der Waals surface area contributed by atoms with E-state index < -0.39 is 5.97 Å². The van der Waals surface area contributed by atoms with Gasteiger partial charge in [-0.1, -0.05) is 25.1 Å². The molecule has 0 fully saturated rings. The summed E-state index contributed by atoms with van der Waals surface area (Å²) in [5.74, 6) is -0.764. The molecule has 0 aliphatic carbocycles. The summed E-state index contributed by atoms with van der Waals surface area (Å²) in [6.07, 6.45) is 0.954. The molecular formula is C15H19NO2S. The lowest BCUT2D eigenvalue weighted by Gasteiger charge is -2.26. The molecule has 1 aromatic heterocycles. The number of benzene rings is 1. The van der Waals surface area contributed by atoms with Crippen LogP contribution >= 0.6 is 11.3 Å². The molecule has 0 bridgehead atoms. The van der Waals surface area contributed by atoms with E-state index in [4.69, 9.17) is 5.11 Å². The molecule has 1 atom stereocenters. The third-order valence-electron chi connectivity index (χ3n) is 3.49. The maximum Gasteiger partial charge on any atom is 0.317 e. The van der Waals surface area contributed by atoms with Crippen LogP contribution in [-0.4, -0.2) is 28.6 Å². The van der Waals surface area contributed by atoms with Crippen molar-refractivity contribution >= 4 is 27.4 Å². The Kier molecular flexibility index (Phi) is 4.56. The topological polar surface area (TPSA) is 40.5 Å². The molecule has 0 aliphatic heterocycles. The van der Waals surface area contributed by atoms with Crippen molar-refractivity contribution in [3.8, 4) is 0 Å². The van der Waals surface area contributed by atoms with Crippen LogP contribution < -0.4 is 0 Å². The Morgan fingerprint density at radius 3 is 2.84 bits per heavy atom. The summed E-state index contributed by atoms with van der Waals surface area (Å²) >= 11 is 1.72. The van der Waals surface area contributed by atoms with Crippen LogP contribution in [-0.2, 0) is 11.3 Å². The van der Waals surface area contributed by atoms with E-state index in [2.05, 4.69) is 31.4 Å². The minimum absolute atomic E-state index is 0.0964. The van der Waals surface area contributed by atoms with Gasteiger partial charge in [0, 0.05) is 17.3 Å². The van der Waals surface area contributed by atoms with Crippen LogP contribution in [0.2, 0.25) is 0 Å². The Labute approximate surface area is 117 Å². The smallest absolute Gasteiger partial charge is 0.317 e. The summed E-state index contributed by atoms with van der Waals surface area (Å²) in [4.78, 5) is 13.0. The predicted octanol–water partition coefficient (Wildman–Crippen LogP) is 3.59. The van der Waals surface area contributed by atoms with Gasteiger partial charge in [-0.2, -0.15) is 0 Å². The number of carboxylic acids is 1. The van der Waals surface area contributed by atoms with E-state index in [1.807, 2.05) is 17.0 Å². The molecule has 1 aromatic carbocycles. The quantitative estimate of drug-likeness (QED) is 0.877. The second-order valence-corrected chi connectivity index (χ2v) is 5.72. The molecule has 3 nitrogen and oxygen atoms in total. The molecule has 4 heteroatoms. The van der Waals surface area contributed by atoms with E-state index in [-0.39, 0.29) is 12.6 Å². The highest BCUT2D eigenvalue weighted by molar-refractivity contribution is 7.17. The maximum atomic E-state index is 11.0. The first-order chi connectivity index (χ1) is 9.11. The second kappa shape index (κ2) is 6.17. The average Bonchev–Trinajstić information content (AvgIpc) is 2.80. The Hall–Kier alpha value is -1.39. The van der Waals surface area contributed by atoms with Crippen LogP contribution in [0.5, 0.6) is 0 Å². The van der Waals surface area contributed by atoms with Crippen LogP contribution in [0.3, 0.4) is 0 Å². The van der Waals surface area contributed by atoms with Crippen molar-refractivity contribution in [1.29, 1.82) is 0 Å². The summed E-state index contributed by atoms with van der Waals surface area (Å²) < 4.78 is 1.26. The first kappa shape index (κ1) is 14.0. The molecular weight excluding hydrogens is 258 g/mol. The zero-order valence-corrected chi connectivity index (χ0v) is 12.1. The number of hydrogen-bond donors (Lipinski definition) is 1. The van der Waals surface area contributed by atoms with Crippen molar-refractivity contribution in [3.05, 3.63) is 35.2 Å². The number of nitrogens with zero attached hydrogens (tertiary/aromatic N) is 1. The molecule has 102 valence electrons. The van der Waals surface area contributed by atoms with Gasteiger partial charge in [0.05, 0.1) is 6.54 Å². The number of rotatable bonds is 6. The summed E-state index contributed by atoms with van der Waals surface area (Å²) in [5, 5.41) is 12.4. The van der Waals surface area contributed by atoms with E-state index >= 15 is 0 Å². The number of hydrogen-bond acceptors (Lipinski definition) is 3. The fourth-order valence-corrected chi connectivity index (χ4v) is 3.13. The standard InChI is InChI=1S/C15H19NO2S/c1-3-11(2)16(9-15(17)18)8-12-10-19-14-7-5-4-6-13(12)14/h4-7,10-11H,3,8-9H2,1-2H3,(H,17,18). The van der Waals surface area contributed by atoms with Crippen LogP contribution in [0.1, 0.15) is 25.8 Å². The number of carboxylic acid groups (broad SMARTS) is 1. The van der Waals surface area contributed by atoms with Crippen LogP contribution in [0.25, 0.3) is 10.1 Å². The van der Waals surface area contributed by atoms with Crippen molar-refractivity contribution in [2.75, 3.05) is 6.54 Å². The van der Waals surface area contributed by atoms with E-state index in [9.17, 15) is 4.79 Å². The highest BCUT2D eigenvalue weighted by Gasteiger charge is 2.17. The molecule has 0 amide bonds. The van der Waals surface area contributed by atoms with E-state index in [0.29, 0.717) is 6.54 Å². The van der Waals surface area contributed by atoms with Gasteiger partial charge in [0.25, 0.3) is 0 Å². The van der Waals surface area contributed by atoms with E-state index in [0.717, 1.165) is 6.42 Å². The minimum atomic E-state index is -0.764. The van der Waals surface area contributed by atoms with Crippen LogP contribution in [0.4, 0.5) is 0 Å². The Morgan fingerprint density at radius 2 is 2.16 bits per heavy atom. The van der Waals surface area contributed by atoms with Gasteiger partial charge >= 0.3 is 5.97 Å². The number of carbonyl (C=O) groups is 1. The predicted molar refractivity (Wildman–Crippen MR) is 79.6 cm³/mol. The molecule has 0 saturated carbocycles. The van der Waals surface area contributed by atoms with Crippen molar-refractivity contribution < 1.29 is 9.90 Å². The van der Waals surface area contributed by atoms with Crippen molar-refractivity contribution in [1.82, 2.24) is 4.90 Å². The molecule has 0 spiro atoms. The molecule has 1 N–H and O–H groups in total. The van der Waals surface area contributed by atoms with E-state index in [1.165, 1.54) is 15.6 Å². The number of aliphatic carboxylic acids is 1. The fourth-order valence-electron chi connectivity index (χ4n) is 2.17. The zero-order valence-electron chi connectivity index (χ0n) is 11.3. The van der Waals surface area contributed by atoms with Gasteiger partial charge in [-0.15, -0.1) is 11.3 Å². The van der Waals surface area contributed by atoms with E-state index in [1.54, 1.807) is 11.3 Å². The lowest BCUT2D eigenvalue weighted by atomic mass is 10.1. The number of thiophene rings is 1. The summed E-state index contributed by atoms with van der Waals surface area (Å²) in [6.45, 7) is 4.97. The minimum Gasteiger partial charge on any atom is -0.480 e. The highest BCUT2D eigenvalue weighted by atomic mass is 32.1. The van der Waals surface area contributed by atoms with Gasteiger partial charge in [-0.3, -0.25) is 9.69 Å². The van der Waals surface area contributed by atoms with Gasteiger partial charge in [-0.25, -0.2) is 0 Å². The van der Waals surface area contributed by atoms with Gasteiger partial charge in [-0.05, 0) is 35.7 Å². The molecule has 1 unspecified atom stereocenters. The Morgan fingerprint density at radius 1 is 1.42 bits per heavy atom. The van der Waals surface area contributed by atoms with Gasteiger partial charge in [0.15, 0.2) is 0 Å². The van der Waals surface area contributed by atoms with Crippen molar-refractivity contribution in [3.63, 3.8) is 0 Å². The third-order valence-corrected chi connectivity index (χ3v) is 4.50. The molecule has 0 saturated heterocycles. The molecule has 0 aliphatic rings. The average molecular weight is 277 g/mol. The first-order valence-corrected chi connectivity index (χ1v) is 7.40. The maximum absolute atomic E-state index is 11.0. The summed E-state index contributed by atoms with van der Waals surface area (Å²) in [7, 11) is 0. The lowest BCUT2D eigenvalue weighted by Crippen LogP contribution is -2.36. The SMILES string of the molecule is CCC(C)N(CC(=O)O)Cc1csc2ccccc12. The largest absolute Gasteiger partial charge is 0.480 e. The normalized spacial score (nSPS) is 13.0. The zero-order chi connectivity index (χ0) is 13.8. The monoisotopic (exact) mass is 277 g/mol. The summed E-state index contributed by atoms with van der Waals surface area (Å²) in [5.41, 5.74) is 1.22. The molecule has 2 aromatic rings. The number of fused-ring (bicyclic) bond motifs is 1. The highest BCUT2D eigenvalue weighted by Crippen LogP contribution is 2.27. The second-order valence-electron chi connectivity index (χ2n) is 4.81. The van der Waals surface area contributed by atoms with Crippen molar-refractivity contribution in [2.24, 2.45) is 0 Å². The lowest BCUT2D eigenvalue weighted by molar-refractivity contribution is -0.139. The van der Waals surface area contributed by atoms with Crippen LogP contribution in [0, 0.1) is 0 Å². The van der Waals surface area contributed by atoms with Gasteiger partial charge < -0.3 is 5.11 Å². The van der Waals surface area contributed by atoms with Crippen molar-refractivity contribution in [2.45, 2.75) is 32.9 Å². The molecule has 19 heavy (non-hydrogen) atoms. The summed E-state index contributed by atoms with van der Waals surface area (Å²) in [6, 6.07) is 8.55. The molecule has 1 heterocycles.